The number of benzene rings is 1. The highest BCUT2D eigenvalue weighted by Gasteiger charge is 2.04. The minimum absolute atomic E-state index is 0.695. The molecule has 14 heavy (non-hydrogen) atoms. The molecule has 1 heterocycles. The Hall–Kier alpha value is -1.53. The highest BCUT2D eigenvalue weighted by Crippen LogP contribution is 2.26. The molecule has 0 atom stereocenters. The van der Waals surface area contributed by atoms with Crippen LogP contribution in [0.15, 0.2) is 29.6 Å². The lowest BCUT2D eigenvalue weighted by molar-refractivity contribution is 0.472. The Balaban J connectivity index is 2.39. The zero-order valence-corrected chi connectivity index (χ0v) is 8.71. The van der Waals surface area contributed by atoms with Crippen LogP contribution in [0, 0.1) is 11.5 Å². The van der Waals surface area contributed by atoms with Crippen molar-refractivity contribution in [1.82, 2.24) is 4.90 Å². The average Bonchev–Trinajstić information content (AvgIpc) is 2.62. The summed E-state index contributed by atoms with van der Waals surface area (Å²) >= 11 is 1.73. The molecule has 0 saturated carbocycles. The van der Waals surface area contributed by atoms with E-state index in [1.807, 2.05) is 12.1 Å². The number of thiophene rings is 1. The van der Waals surface area contributed by atoms with Gasteiger partial charge < -0.3 is 4.90 Å². The van der Waals surface area contributed by atoms with Gasteiger partial charge in [-0.1, -0.05) is 18.2 Å². The van der Waals surface area contributed by atoms with Crippen molar-refractivity contribution < 1.29 is 0 Å². The van der Waals surface area contributed by atoms with Gasteiger partial charge in [-0.25, -0.2) is 0 Å². The second-order valence-electron chi connectivity index (χ2n) is 3.21. The maximum absolute atomic E-state index is 8.68. The van der Waals surface area contributed by atoms with E-state index in [-0.39, 0.29) is 0 Å². The molecule has 0 radical (unpaired) electrons. The lowest BCUT2D eigenvalue weighted by Gasteiger charge is -2.06. The molecule has 0 fully saturated rings. The molecule has 70 valence electrons. The molecule has 2 rings (SSSR count). The van der Waals surface area contributed by atoms with Crippen LogP contribution in [0.2, 0.25) is 0 Å². The van der Waals surface area contributed by atoms with E-state index < -0.39 is 0 Å². The largest absolute Gasteiger partial charge is 0.309 e. The van der Waals surface area contributed by atoms with E-state index >= 15 is 0 Å². The molecule has 0 bridgehead atoms. The number of fused-ring (bicyclic) bond motifs is 1. The minimum Gasteiger partial charge on any atom is -0.309 e. The van der Waals surface area contributed by atoms with Crippen LogP contribution in [0.4, 0.5) is 0 Å². The molecular formula is C11H10N2S. The van der Waals surface area contributed by atoms with Crippen LogP contribution >= 0.6 is 11.3 Å². The monoisotopic (exact) mass is 202 g/mol. The molecule has 0 unspecified atom stereocenters. The quantitative estimate of drug-likeness (QED) is 0.553. The Morgan fingerprint density at radius 3 is 3.00 bits per heavy atom. The maximum atomic E-state index is 8.68. The van der Waals surface area contributed by atoms with Crippen LogP contribution in [0.25, 0.3) is 10.1 Å². The van der Waals surface area contributed by atoms with E-state index in [0.29, 0.717) is 6.54 Å². The second-order valence-corrected chi connectivity index (χ2v) is 4.12. The molecule has 1 aromatic carbocycles. The highest BCUT2D eigenvalue weighted by molar-refractivity contribution is 7.17. The summed E-state index contributed by atoms with van der Waals surface area (Å²) in [4.78, 5) is 1.63. The fraction of sp³-hybridized carbons (Fsp3) is 0.182. The lowest BCUT2D eigenvalue weighted by Crippen LogP contribution is -2.09. The van der Waals surface area contributed by atoms with Gasteiger partial charge in [0.15, 0.2) is 6.19 Å². The van der Waals surface area contributed by atoms with Crippen LogP contribution in [-0.4, -0.2) is 11.9 Å². The Labute approximate surface area is 87.0 Å². The van der Waals surface area contributed by atoms with Gasteiger partial charge in [0.2, 0.25) is 0 Å². The molecule has 2 aromatic rings. The molecule has 0 aliphatic carbocycles. The van der Waals surface area contributed by atoms with E-state index in [2.05, 4.69) is 23.7 Å². The van der Waals surface area contributed by atoms with Crippen molar-refractivity contribution in [3.8, 4) is 6.19 Å². The van der Waals surface area contributed by atoms with Crippen molar-refractivity contribution in [3.63, 3.8) is 0 Å². The predicted molar refractivity (Wildman–Crippen MR) is 58.9 cm³/mol. The van der Waals surface area contributed by atoms with E-state index in [9.17, 15) is 0 Å². The van der Waals surface area contributed by atoms with Crippen LogP contribution < -0.4 is 0 Å². The Bertz CT molecular complexity index is 481. The number of hydrogen-bond donors (Lipinski definition) is 0. The van der Waals surface area contributed by atoms with Crippen LogP contribution in [0.5, 0.6) is 0 Å². The van der Waals surface area contributed by atoms with Crippen LogP contribution in [0.3, 0.4) is 0 Å². The van der Waals surface area contributed by atoms with Gasteiger partial charge in [-0.2, -0.15) is 5.26 Å². The van der Waals surface area contributed by atoms with Gasteiger partial charge in [-0.15, -0.1) is 11.3 Å². The average molecular weight is 202 g/mol. The van der Waals surface area contributed by atoms with Crippen molar-refractivity contribution in [3.05, 3.63) is 35.2 Å². The summed E-state index contributed by atoms with van der Waals surface area (Å²) in [5, 5.41) is 12.1. The van der Waals surface area contributed by atoms with E-state index in [1.165, 1.54) is 15.6 Å². The number of hydrogen-bond acceptors (Lipinski definition) is 3. The summed E-state index contributed by atoms with van der Waals surface area (Å²) in [6.45, 7) is 0.695. The van der Waals surface area contributed by atoms with Gasteiger partial charge in [0.25, 0.3) is 0 Å². The molecule has 0 spiro atoms. The Morgan fingerprint density at radius 1 is 1.43 bits per heavy atom. The van der Waals surface area contributed by atoms with Crippen molar-refractivity contribution in [2.24, 2.45) is 0 Å². The normalized spacial score (nSPS) is 10.0. The fourth-order valence-electron chi connectivity index (χ4n) is 1.45. The highest BCUT2D eigenvalue weighted by atomic mass is 32.1. The van der Waals surface area contributed by atoms with Gasteiger partial charge in [0.1, 0.15) is 0 Å². The molecule has 0 N–H and O–H groups in total. The number of nitrogens with zero attached hydrogens (tertiary/aromatic N) is 2. The zero-order chi connectivity index (χ0) is 9.97. The summed E-state index contributed by atoms with van der Waals surface area (Å²) in [6, 6.07) is 8.28. The molecule has 3 heteroatoms. The molecule has 0 aliphatic rings. The molecule has 0 saturated heterocycles. The second kappa shape index (κ2) is 3.69. The predicted octanol–water partition coefficient (Wildman–Crippen LogP) is 2.81. The first-order valence-corrected chi connectivity index (χ1v) is 5.25. The van der Waals surface area contributed by atoms with Crippen molar-refractivity contribution in [2.75, 3.05) is 7.05 Å². The third-order valence-electron chi connectivity index (χ3n) is 2.14. The van der Waals surface area contributed by atoms with Crippen LogP contribution in [-0.2, 0) is 6.54 Å². The lowest BCUT2D eigenvalue weighted by atomic mass is 10.2. The Morgan fingerprint density at radius 2 is 2.21 bits per heavy atom. The standard InChI is InChI=1S/C11H10N2S/c1-13(8-12)6-9-7-14-11-5-3-2-4-10(9)11/h2-5,7H,6H2,1H3. The van der Waals surface area contributed by atoms with Crippen LogP contribution in [0.1, 0.15) is 5.56 Å². The summed E-state index contributed by atoms with van der Waals surface area (Å²) in [7, 11) is 1.80. The first-order chi connectivity index (χ1) is 6.81. The van der Waals surface area contributed by atoms with Gasteiger partial charge in [0, 0.05) is 11.7 Å². The first kappa shape index (κ1) is 9.04. The smallest absolute Gasteiger partial charge is 0.179 e. The van der Waals surface area contributed by atoms with E-state index in [0.717, 1.165) is 0 Å². The van der Waals surface area contributed by atoms with E-state index in [1.54, 1.807) is 23.3 Å². The SMILES string of the molecule is CN(C#N)Cc1csc2ccccc12. The Kier molecular flexibility index (Phi) is 2.38. The molecular weight excluding hydrogens is 192 g/mol. The van der Waals surface area contributed by atoms with Crippen molar-refractivity contribution >= 4 is 21.4 Å². The molecule has 0 aliphatic heterocycles. The molecule has 1 aromatic heterocycles. The van der Waals surface area contributed by atoms with Gasteiger partial charge in [-0.05, 0) is 22.4 Å². The first-order valence-electron chi connectivity index (χ1n) is 4.37. The van der Waals surface area contributed by atoms with Crippen molar-refractivity contribution in [2.45, 2.75) is 6.54 Å². The molecule has 2 nitrogen and oxygen atoms in total. The maximum Gasteiger partial charge on any atom is 0.179 e. The third-order valence-corrected chi connectivity index (χ3v) is 3.15. The van der Waals surface area contributed by atoms with E-state index in [4.69, 9.17) is 5.26 Å². The van der Waals surface area contributed by atoms with Gasteiger partial charge >= 0.3 is 0 Å². The third kappa shape index (κ3) is 1.57. The topological polar surface area (TPSA) is 27.0 Å². The van der Waals surface area contributed by atoms with Crippen molar-refractivity contribution in [1.29, 1.82) is 5.26 Å². The molecule has 0 amide bonds. The zero-order valence-electron chi connectivity index (χ0n) is 7.90. The number of nitriles is 1. The van der Waals surface area contributed by atoms with Gasteiger partial charge in [0.05, 0.1) is 6.54 Å². The fourth-order valence-corrected chi connectivity index (χ4v) is 2.40. The summed E-state index contributed by atoms with van der Waals surface area (Å²) in [5.41, 5.74) is 1.23. The summed E-state index contributed by atoms with van der Waals surface area (Å²) in [5.74, 6) is 0. The summed E-state index contributed by atoms with van der Waals surface area (Å²) < 4.78 is 1.29. The summed E-state index contributed by atoms with van der Waals surface area (Å²) in [6.07, 6.45) is 2.11. The number of rotatable bonds is 2. The van der Waals surface area contributed by atoms with Gasteiger partial charge in [-0.3, -0.25) is 0 Å². The minimum atomic E-state index is 0.695.